The van der Waals surface area contributed by atoms with Crippen LogP contribution in [0, 0.1) is 17.1 Å². The van der Waals surface area contributed by atoms with Crippen LogP contribution in [-0.2, 0) is 11.3 Å². The number of carbonyl (C=O) groups excluding carboxylic acids is 1. The van der Waals surface area contributed by atoms with E-state index in [-0.39, 0.29) is 30.2 Å². The zero-order chi connectivity index (χ0) is 23.5. The molecule has 1 amide bonds. The van der Waals surface area contributed by atoms with Crippen molar-refractivity contribution in [1.29, 1.82) is 5.26 Å². The van der Waals surface area contributed by atoms with Gasteiger partial charge in [0, 0.05) is 12.3 Å². The van der Waals surface area contributed by atoms with Crippen LogP contribution in [0.2, 0.25) is 0 Å². The van der Waals surface area contributed by atoms with Crippen molar-refractivity contribution >= 4 is 17.8 Å². The van der Waals surface area contributed by atoms with Gasteiger partial charge in [-0.2, -0.15) is 10.3 Å². The van der Waals surface area contributed by atoms with Crippen LogP contribution in [0.15, 0.2) is 34.2 Å². The molecule has 32 heavy (non-hydrogen) atoms. The Bertz CT molecular complexity index is 1160. The SMILES string of the molecule is CC(C)(C)OC(=O)/N=C1/CCCN(c2ncc(O)c(=O)n2Cc2cc(F)ccc2C#N)C1. The lowest BCUT2D eigenvalue weighted by Gasteiger charge is -2.30. The summed E-state index contributed by atoms with van der Waals surface area (Å²) in [4.78, 5) is 34.8. The molecule has 10 heteroatoms. The number of benzene rings is 1. The van der Waals surface area contributed by atoms with Crippen molar-refractivity contribution in [2.24, 2.45) is 4.99 Å². The van der Waals surface area contributed by atoms with Gasteiger partial charge in [-0.1, -0.05) is 0 Å². The van der Waals surface area contributed by atoms with E-state index in [9.17, 15) is 24.3 Å². The summed E-state index contributed by atoms with van der Waals surface area (Å²) in [5, 5.41) is 19.3. The lowest BCUT2D eigenvalue weighted by molar-refractivity contribution is 0.0603. The zero-order valence-corrected chi connectivity index (χ0v) is 18.1. The summed E-state index contributed by atoms with van der Waals surface area (Å²) in [5.74, 6) is -0.896. The topological polar surface area (TPSA) is 121 Å². The fourth-order valence-corrected chi connectivity index (χ4v) is 3.37. The summed E-state index contributed by atoms with van der Waals surface area (Å²) in [6.45, 7) is 5.84. The number of aromatic hydroxyl groups is 1. The Kier molecular flexibility index (Phi) is 6.58. The lowest BCUT2D eigenvalue weighted by Crippen LogP contribution is -2.40. The minimum Gasteiger partial charge on any atom is -0.502 e. The number of hydrogen-bond acceptors (Lipinski definition) is 7. The predicted molar refractivity (Wildman–Crippen MR) is 115 cm³/mol. The second kappa shape index (κ2) is 9.18. The van der Waals surface area contributed by atoms with Gasteiger partial charge in [-0.3, -0.25) is 9.36 Å². The summed E-state index contributed by atoms with van der Waals surface area (Å²) in [6, 6.07) is 5.64. The molecule has 1 N–H and O–H groups in total. The van der Waals surface area contributed by atoms with Gasteiger partial charge in [0.25, 0.3) is 5.56 Å². The molecule has 1 fully saturated rings. The van der Waals surface area contributed by atoms with Gasteiger partial charge in [0.2, 0.25) is 11.7 Å². The number of amides is 1. The van der Waals surface area contributed by atoms with Crippen molar-refractivity contribution in [2.45, 2.75) is 45.8 Å². The molecule has 1 aromatic heterocycles. The van der Waals surface area contributed by atoms with Crippen molar-refractivity contribution < 1.29 is 19.0 Å². The van der Waals surface area contributed by atoms with Crippen molar-refractivity contribution in [3.8, 4) is 11.8 Å². The number of rotatable bonds is 3. The highest BCUT2D eigenvalue weighted by Crippen LogP contribution is 2.20. The van der Waals surface area contributed by atoms with Crippen molar-refractivity contribution in [3.63, 3.8) is 0 Å². The number of aliphatic imine (C=N–C) groups is 1. The average molecular weight is 441 g/mol. The summed E-state index contributed by atoms with van der Waals surface area (Å²) in [5.41, 5.74) is -0.332. The Labute approximate surface area is 184 Å². The summed E-state index contributed by atoms with van der Waals surface area (Å²) in [7, 11) is 0. The number of hydrogen-bond donors (Lipinski definition) is 1. The number of nitrogens with zero attached hydrogens (tertiary/aromatic N) is 5. The molecule has 0 radical (unpaired) electrons. The first-order chi connectivity index (χ1) is 15.1. The number of ether oxygens (including phenoxy) is 1. The fraction of sp³-hybridized carbons (Fsp3) is 0.409. The summed E-state index contributed by atoms with van der Waals surface area (Å²) in [6.07, 6.45) is 1.59. The van der Waals surface area contributed by atoms with Crippen LogP contribution < -0.4 is 10.5 Å². The molecule has 0 unspecified atom stereocenters. The van der Waals surface area contributed by atoms with E-state index in [0.717, 1.165) is 12.3 Å². The van der Waals surface area contributed by atoms with E-state index in [2.05, 4.69) is 9.98 Å². The van der Waals surface area contributed by atoms with E-state index in [1.54, 1.807) is 25.7 Å². The van der Waals surface area contributed by atoms with Crippen LogP contribution in [0.1, 0.15) is 44.7 Å². The molecule has 1 aromatic carbocycles. The van der Waals surface area contributed by atoms with Crippen LogP contribution in [0.4, 0.5) is 15.1 Å². The van der Waals surface area contributed by atoms with Gasteiger partial charge < -0.3 is 14.7 Å². The number of carbonyl (C=O) groups is 1. The largest absolute Gasteiger partial charge is 0.502 e. The monoisotopic (exact) mass is 441 g/mol. The fourth-order valence-electron chi connectivity index (χ4n) is 3.37. The van der Waals surface area contributed by atoms with Gasteiger partial charge >= 0.3 is 6.09 Å². The quantitative estimate of drug-likeness (QED) is 0.777. The van der Waals surface area contributed by atoms with Crippen LogP contribution in [-0.4, -0.2) is 45.2 Å². The van der Waals surface area contributed by atoms with Crippen molar-refractivity contribution in [3.05, 3.63) is 51.7 Å². The minimum atomic E-state index is -0.723. The normalized spacial score (nSPS) is 15.5. The van der Waals surface area contributed by atoms with E-state index in [0.29, 0.717) is 25.1 Å². The zero-order valence-electron chi connectivity index (χ0n) is 18.1. The molecule has 0 bridgehead atoms. The van der Waals surface area contributed by atoms with E-state index >= 15 is 0 Å². The highest BCUT2D eigenvalue weighted by molar-refractivity contribution is 5.96. The number of halogens is 1. The van der Waals surface area contributed by atoms with Crippen LogP contribution in [0.25, 0.3) is 0 Å². The van der Waals surface area contributed by atoms with Gasteiger partial charge in [0.05, 0.1) is 30.9 Å². The summed E-state index contributed by atoms with van der Waals surface area (Å²) < 4.78 is 20.2. The van der Waals surface area contributed by atoms with Gasteiger partial charge in [-0.15, -0.1) is 0 Å². The first kappa shape index (κ1) is 22.9. The van der Waals surface area contributed by atoms with Gasteiger partial charge in [-0.25, -0.2) is 14.2 Å². The Morgan fingerprint density at radius 3 is 2.84 bits per heavy atom. The molecular weight excluding hydrogens is 417 g/mol. The highest BCUT2D eigenvalue weighted by atomic mass is 19.1. The molecule has 0 aliphatic carbocycles. The molecule has 1 aliphatic heterocycles. The van der Waals surface area contributed by atoms with Gasteiger partial charge in [0.15, 0.2) is 0 Å². The van der Waals surface area contributed by atoms with Crippen molar-refractivity contribution in [2.75, 3.05) is 18.0 Å². The number of piperidine rings is 1. The molecule has 1 saturated heterocycles. The molecule has 9 nitrogen and oxygen atoms in total. The Morgan fingerprint density at radius 2 is 2.16 bits per heavy atom. The molecule has 2 aromatic rings. The van der Waals surface area contributed by atoms with Gasteiger partial charge in [-0.05, 0) is 57.4 Å². The van der Waals surface area contributed by atoms with E-state index < -0.39 is 28.8 Å². The molecule has 168 valence electrons. The number of anilines is 1. The molecule has 2 heterocycles. The first-order valence-corrected chi connectivity index (χ1v) is 10.1. The van der Waals surface area contributed by atoms with Crippen LogP contribution in [0.3, 0.4) is 0 Å². The molecule has 1 aliphatic rings. The second-order valence-corrected chi connectivity index (χ2v) is 8.43. The number of aromatic nitrogens is 2. The second-order valence-electron chi connectivity index (χ2n) is 8.43. The molecule has 0 atom stereocenters. The Morgan fingerprint density at radius 1 is 1.41 bits per heavy atom. The highest BCUT2D eigenvalue weighted by Gasteiger charge is 2.24. The Balaban J connectivity index is 1.94. The predicted octanol–water partition coefficient (Wildman–Crippen LogP) is 2.98. The third-order valence-corrected chi connectivity index (χ3v) is 4.72. The van der Waals surface area contributed by atoms with Crippen LogP contribution >= 0.6 is 0 Å². The van der Waals surface area contributed by atoms with E-state index in [4.69, 9.17) is 4.74 Å². The third kappa shape index (κ3) is 5.49. The third-order valence-electron chi connectivity index (χ3n) is 4.72. The maximum absolute atomic E-state index is 13.8. The standard InChI is InChI=1S/C22H24FN5O4/c1-22(2,3)32-21(31)26-17-5-4-8-27(13-17)20-25-11-18(29)19(30)28(20)12-15-9-16(23)7-6-14(15)10-24/h6-7,9,11,29H,4-5,8,12-13H2,1-3H3/b26-17-. The van der Waals surface area contributed by atoms with E-state index in [1.165, 1.54) is 16.7 Å². The number of nitriles is 1. The van der Waals surface area contributed by atoms with Crippen molar-refractivity contribution in [1.82, 2.24) is 9.55 Å². The smallest absolute Gasteiger partial charge is 0.434 e. The first-order valence-electron chi connectivity index (χ1n) is 10.1. The van der Waals surface area contributed by atoms with Gasteiger partial charge in [0.1, 0.15) is 11.4 Å². The summed E-state index contributed by atoms with van der Waals surface area (Å²) >= 11 is 0. The maximum Gasteiger partial charge on any atom is 0.434 e. The van der Waals surface area contributed by atoms with Crippen LogP contribution in [0.5, 0.6) is 5.75 Å². The molecule has 0 spiro atoms. The average Bonchev–Trinajstić information content (AvgIpc) is 2.70. The molecule has 0 saturated carbocycles. The molecule has 3 rings (SSSR count). The lowest BCUT2D eigenvalue weighted by atomic mass is 10.1. The molecular formula is C22H24FN5O4. The van der Waals surface area contributed by atoms with E-state index in [1.807, 2.05) is 6.07 Å². The Hall–Kier alpha value is -3.74. The minimum absolute atomic E-state index is 0.161. The maximum atomic E-state index is 13.8.